The summed E-state index contributed by atoms with van der Waals surface area (Å²) in [6.45, 7) is 3.62. The summed E-state index contributed by atoms with van der Waals surface area (Å²) in [5, 5.41) is 0.362. The van der Waals surface area contributed by atoms with Crippen LogP contribution in [0.25, 0.3) is 0 Å². The van der Waals surface area contributed by atoms with Crippen LogP contribution in [0.15, 0.2) is 55.9 Å². The lowest BCUT2D eigenvalue weighted by atomic mass is 9.73. The second kappa shape index (κ2) is 8.73. The van der Waals surface area contributed by atoms with Crippen molar-refractivity contribution in [3.05, 3.63) is 62.2 Å². The van der Waals surface area contributed by atoms with Crippen LogP contribution in [0, 0.1) is 11.3 Å². The first-order chi connectivity index (χ1) is 15.8. The van der Waals surface area contributed by atoms with Gasteiger partial charge in [0.15, 0.2) is 5.78 Å². The average Bonchev–Trinajstić information content (AvgIpc) is 3.08. The molecule has 0 amide bonds. The van der Waals surface area contributed by atoms with E-state index in [1.54, 1.807) is 18.5 Å². The minimum atomic E-state index is -0.312. The van der Waals surface area contributed by atoms with Crippen molar-refractivity contribution >= 4 is 56.7 Å². The highest BCUT2D eigenvalue weighted by Crippen LogP contribution is 2.52. The Morgan fingerprint density at radius 2 is 2.03 bits per heavy atom. The number of aromatic nitrogens is 1. The summed E-state index contributed by atoms with van der Waals surface area (Å²) >= 11 is 11.2. The lowest BCUT2D eigenvalue weighted by Crippen LogP contribution is -2.49. The number of nitrogen functional groups attached to an aromatic ring is 1. The van der Waals surface area contributed by atoms with Gasteiger partial charge in [0.25, 0.3) is 0 Å². The third-order valence-corrected chi connectivity index (χ3v) is 9.54. The van der Waals surface area contributed by atoms with Gasteiger partial charge in [-0.25, -0.2) is 9.98 Å². The number of carbonyl (C=O) groups excluding carboxylic acids is 1. The lowest BCUT2D eigenvalue weighted by molar-refractivity contribution is -0.116. The smallest absolute Gasteiger partial charge is 0.181 e. The number of aliphatic imine (C=N–C) groups is 1. The minimum Gasteiger partial charge on any atom is -0.382 e. The predicted octanol–water partition coefficient (Wildman–Crippen LogP) is 4.97. The number of hydrogen-bond donors (Lipinski definition) is 2. The van der Waals surface area contributed by atoms with Crippen molar-refractivity contribution in [2.24, 2.45) is 22.1 Å². The van der Waals surface area contributed by atoms with E-state index in [0.29, 0.717) is 14.8 Å². The zero-order chi connectivity index (χ0) is 23.3. The molecule has 5 rings (SSSR count). The van der Waals surface area contributed by atoms with E-state index < -0.39 is 0 Å². The molecule has 0 radical (unpaired) electrons. The van der Waals surface area contributed by atoms with Gasteiger partial charge in [0.2, 0.25) is 0 Å². The summed E-state index contributed by atoms with van der Waals surface area (Å²) in [4.78, 5) is 25.4. The van der Waals surface area contributed by atoms with Crippen LogP contribution in [-0.4, -0.2) is 34.6 Å². The summed E-state index contributed by atoms with van der Waals surface area (Å²) in [6.07, 6.45) is 6.20. The van der Waals surface area contributed by atoms with E-state index in [9.17, 15) is 4.79 Å². The highest BCUT2D eigenvalue weighted by atomic mass is 79.9. The minimum absolute atomic E-state index is 0.0416. The van der Waals surface area contributed by atoms with Gasteiger partial charge in [0.1, 0.15) is 11.7 Å². The van der Waals surface area contributed by atoms with E-state index >= 15 is 0 Å². The summed E-state index contributed by atoms with van der Waals surface area (Å²) in [6, 6.07) is 8.12. The average molecular weight is 547 g/mol. The third-order valence-electron chi connectivity index (χ3n) is 7.20. The normalized spacial score (nSPS) is 24.0. The Morgan fingerprint density at radius 1 is 1.27 bits per heavy atom. The first-order valence-corrected chi connectivity index (χ1v) is 13.0. The number of amidine groups is 1. The number of carbonyl (C=O) groups is 1. The van der Waals surface area contributed by atoms with Crippen molar-refractivity contribution in [2.45, 2.75) is 37.1 Å². The second-order valence-corrected chi connectivity index (χ2v) is 11.3. The van der Waals surface area contributed by atoms with Gasteiger partial charge in [-0.15, -0.1) is 0 Å². The fourth-order valence-corrected chi connectivity index (χ4v) is 6.91. The maximum absolute atomic E-state index is 13.2. The third kappa shape index (κ3) is 3.91. The van der Waals surface area contributed by atoms with Crippen molar-refractivity contribution < 1.29 is 4.79 Å². The number of likely N-dealkylation sites (tertiary alicyclic amines) is 1. The van der Waals surface area contributed by atoms with Crippen LogP contribution >= 0.6 is 39.3 Å². The predicted molar refractivity (Wildman–Crippen MR) is 137 cm³/mol. The number of hydrogen-bond acceptors (Lipinski definition) is 7. The van der Waals surface area contributed by atoms with E-state index in [4.69, 9.17) is 28.1 Å². The molecule has 4 N–H and O–H groups in total. The van der Waals surface area contributed by atoms with E-state index in [0.717, 1.165) is 42.7 Å². The number of Topliss-reactive ketones (excluding diaryl/α,β-unsaturated/α-hetero) is 1. The molecule has 33 heavy (non-hydrogen) atoms. The Bertz CT molecular complexity index is 1190. The van der Waals surface area contributed by atoms with E-state index in [1.165, 1.54) is 22.9 Å². The van der Waals surface area contributed by atoms with Crippen molar-refractivity contribution in [3.8, 4) is 0 Å². The fraction of sp³-hybridized carbons (Fsp3) is 0.375. The van der Waals surface area contributed by atoms with E-state index in [1.807, 2.05) is 6.92 Å². The van der Waals surface area contributed by atoms with Crippen LogP contribution < -0.4 is 11.5 Å². The van der Waals surface area contributed by atoms with Gasteiger partial charge in [-0.1, -0.05) is 51.4 Å². The molecule has 1 spiro atoms. The van der Waals surface area contributed by atoms with Gasteiger partial charge in [-0.05, 0) is 54.9 Å². The number of thioether (sulfide) groups is 1. The Balaban J connectivity index is 1.32. The number of anilines is 1. The van der Waals surface area contributed by atoms with Gasteiger partial charge < -0.3 is 16.4 Å². The topological polar surface area (TPSA) is 97.6 Å². The zero-order valence-electron chi connectivity index (χ0n) is 18.2. The monoisotopic (exact) mass is 545 g/mol. The fourth-order valence-electron chi connectivity index (χ4n) is 5.22. The SMILES string of the molecule is C[C@@H]1C(=O)C(Sc2ccnc(N)c2Cl)=CN=C1N1CCC2(CC1)Cc1c(Br)cccc1C2N. The Hall–Kier alpha value is -1.87. The molecule has 2 aliphatic heterocycles. The quantitative estimate of drug-likeness (QED) is 0.552. The molecule has 2 atom stereocenters. The van der Waals surface area contributed by atoms with Gasteiger partial charge in [-0.2, -0.15) is 0 Å². The molecule has 1 aromatic heterocycles. The molecule has 6 nitrogen and oxygen atoms in total. The van der Waals surface area contributed by atoms with Gasteiger partial charge in [0, 0.05) is 40.9 Å². The number of piperidine rings is 1. The first-order valence-electron chi connectivity index (χ1n) is 11.0. The molecule has 3 heterocycles. The highest BCUT2D eigenvalue weighted by Gasteiger charge is 2.47. The summed E-state index contributed by atoms with van der Waals surface area (Å²) < 4.78 is 1.15. The second-order valence-electron chi connectivity index (χ2n) is 8.99. The van der Waals surface area contributed by atoms with Crippen molar-refractivity contribution in [1.29, 1.82) is 0 Å². The van der Waals surface area contributed by atoms with E-state index in [2.05, 4.69) is 44.0 Å². The molecule has 1 aromatic carbocycles. The zero-order valence-corrected chi connectivity index (χ0v) is 21.4. The summed E-state index contributed by atoms with van der Waals surface area (Å²) in [5.74, 6) is 0.827. The Labute approximate surface area is 211 Å². The molecule has 3 aliphatic rings. The van der Waals surface area contributed by atoms with Crippen molar-refractivity contribution in [1.82, 2.24) is 9.88 Å². The molecular weight excluding hydrogens is 522 g/mol. The van der Waals surface area contributed by atoms with E-state index in [-0.39, 0.29) is 29.0 Å². The van der Waals surface area contributed by atoms with Gasteiger partial charge in [-0.3, -0.25) is 4.79 Å². The molecular formula is C24H25BrClN5OS. The highest BCUT2D eigenvalue weighted by molar-refractivity contribution is 9.10. The molecule has 0 saturated carbocycles. The molecule has 172 valence electrons. The standard InChI is InChI=1S/C24H25BrClN5OS/c1-13-20(32)18(33-17-5-8-29-22(28)19(17)26)12-30-23(13)31-9-6-24(7-10-31)11-15-14(21(24)27)3-2-4-16(15)25/h2-5,8,12-13,21H,6-7,9-11,27H2,1H3,(H2,28,29)/t13-,21?/m1/s1. The maximum Gasteiger partial charge on any atom is 0.181 e. The maximum atomic E-state index is 13.2. The van der Waals surface area contributed by atoms with Crippen LogP contribution in [-0.2, 0) is 11.2 Å². The molecule has 0 bridgehead atoms. The number of rotatable bonds is 2. The van der Waals surface area contributed by atoms with Crippen LogP contribution in [0.1, 0.15) is 36.9 Å². The molecule has 1 saturated heterocycles. The molecule has 9 heteroatoms. The van der Waals surface area contributed by atoms with Crippen molar-refractivity contribution in [3.63, 3.8) is 0 Å². The van der Waals surface area contributed by atoms with Gasteiger partial charge >= 0.3 is 0 Å². The largest absolute Gasteiger partial charge is 0.382 e. The molecule has 1 aliphatic carbocycles. The molecule has 1 unspecified atom stereocenters. The number of nitrogens with two attached hydrogens (primary N) is 2. The first kappa shape index (κ1) is 22.9. The van der Waals surface area contributed by atoms with Crippen LogP contribution in [0.2, 0.25) is 5.02 Å². The number of halogens is 2. The Kier molecular flexibility index (Phi) is 6.05. The number of benzene rings is 1. The molecule has 2 aromatic rings. The summed E-state index contributed by atoms with van der Waals surface area (Å²) in [5.41, 5.74) is 15.2. The summed E-state index contributed by atoms with van der Waals surface area (Å²) in [7, 11) is 0. The van der Waals surface area contributed by atoms with Gasteiger partial charge in [0.05, 0.1) is 15.8 Å². The Morgan fingerprint density at radius 3 is 2.76 bits per heavy atom. The van der Waals surface area contributed by atoms with Crippen molar-refractivity contribution in [2.75, 3.05) is 18.8 Å². The number of nitrogens with zero attached hydrogens (tertiary/aromatic N) is 3. The number of fused-ring (bicyclic) bond motifs is 1. The van der Waals surface area contributed by atoms with Crippen LogP contribution in [0.4, 0.5) is 5.82 Å². The number of allylic oxidation sites excluding steroid dienone is 1. The number of pyridine rings is 1. The van der Waals surface area contributed by atoms with Crippen LogP contribution in [0.5, 0.6) is 0 Å². The van der Waals surface area contributed by atoms with Crippen LogP contribution in [0.3, 0.4) is 0 Å². The molecule has 1 fully saturated rings. The lowest BCUT2D eigenvalue weighted by Gasteiger charge is -2.44. The number of ketones is 1.